The Hall–Kier alpha value is -1.96. The van der Waals surface area contributed by atoms with Crippen LogP contribution in [0.2, 0.25) is 10.0 Å². The van der Waals surface area contributed by atoms with E-state index in [1.807, 2.05) is 16.8 Å². The summed E-state index contributed by atoms with van der Waals surface area (Å²) in [5.74, 6) is 2.78. The van der Waals surface area contributed by atoms with Crippen LogP contribution in [0.3, 0.4) is 0 Å². The zero-order valence-electron chi connectivity index (χ0n) is 18.1. The summed E-state index contributed by atoms with van der Waals surface area (Å²) in [6.45, 7) is 6.42. The molecule has 2 saturated heterocycles. The Morgan fingerprint density at radius 1 is 1.09 bits per heavy atom. The van der Waals surface area contributed by atoms with E-state index in [4.69, 9.17) is 33.2 Å². The molecule has 6 rings (SSSR count). The van der Waals surface area contributed by atoms with Gasteiger partial charge in [-0.1, -0.05) is 34.5 Å². The fraction of sp³-hybridized carbons (Fsp3) is 0.565. The van der Waals surface area contributed by atoms with Crippen LogP contribution in [0.15, 0.2) is 18.2 Å². The van der Waals surface area contributed by atoms with Crippen LogP contribution in [0.25, 0.3) is 11.2 Å². The topological polar surface area (TPSA) is 71.8 Å². The lowest BCUT2D eigenvalue weighted by Crippen LogP contribution is -2.53. The second-order valence-corrected chi connectivity index (χ2v) is 10.3. The van der Waals surface area contributed by atoms with Gasteiger partial charge in [-0.15, -0.1) is 5.10 Å². The quantitative estimate of drug-likeness (QED) is 0.592. The highest BCUT2D eigenvalue weighted by atomic mass is 35.5. The van der Waals surface area contributed by atoms with Gasteiger partial charge in [-0.3, -0.25) is 0 Å². The molecule has 0 amide bonds. The van der Waals surface area contributed by atoms with Gasteiger partial charge in [0.15, 0.2) is 11.2 Å². The smallest absolute Gasteiger partial charge is 0.227 e. The molecule has 3 aromatic rings. The first-order valence-electron chi connectivity index (χ1n) is 11.6. The normalized spacial score (nSPS) is 22.8. The van der Waals surface area contributed by atoms with Crippen molar-refractivity contribution in [3.8, 4) is 0 Å². The fourth-order valence-corrected chi connectivity index (χ4v) is 5.68. The van der Waals surface area contributed by atoms with Crippen molar-refractivity contribution in [1.29, 1.82) is 0 Å². The Morgan fingerprint density at radius 3 is 2.66 bits per heavy atom. The lowest BCUT2D eigenvalue weighted by Gasteiger charge is -2.44. The standard InChI is InChI=1S/C23H27Cl2N7/c1-13(18-7-6-17(24)9-19(18)25)32-22-21(29-30-32)20(14-4-5-14)27-23(28-22)31-11-16(12-31)15-3-2-8-26-10-15/h6-7,9,13-16,26H,2-5,8,10-12H2,1H3/t13-,15+/m1/s1. The fourth-order valence-electron chi connectivity index (χ4n) is 5.11. The molecule has 1 aliphatic carbocycles. The maximum atomic E-state index is 6.50. The van der Waals surface area contributed by atoms with Gasteiger partial charge in [-0.2, -0.15) is 4.98 Å². The highest BCUT2D eigenvalue weighted by Gasteiger charge is 2.37. The van der Waals surface area contributed by atoms with Crippen LogP contribution in [0, 0.1) is 11.8 Å². The van der Waals surface area contributed by atoms with Crippen LogP contribution in [-0.2, 0) is 0 Å². The summed E-state index contributed by atoms with van der Waals surface area (Å²) in [6.07, 6.45) is 4.93. The van der Waals surface area contributed by atoms with Gasteiger partial charge in [0.1, 0.15) is 0 Å². The minimum Gasteiger partial charge on any atom is -0.340 e. The minimum absolute atomic E-state index is 0.114. The first-order valence-corrected chi connectivity index (χ1v) is 12.4. The molecule has 168 valence electrons. The first-order chi connectivity index (χ1) is 15.6. The number of nitrogens with one attached hydrogen (secondary N) is 1. The summed E-state index contributed by atoms with van der Waals surface area (Å²) in [4.78, 5) is 12.3. The number of anilines is 1. The molecule has 32 heavy (non-hydrogen) atoms. The van der Waals surface area contributed by atoms with Gasteiger partial charge in [0.25, 0.3) is 0 Å². The second-order valence-electron chi connectivity index (χ2n) is 9.50. The molecule has 1 saturated carbocycles. The molecule has 0 spiro atoms. The third-order valence-electron chi connectivity index (χ3n) is 7.28. The van der Waals surface area contributed by atoms with E-state index in [1.54, 1.807) is 6.07 Å². The van der Waals surface area contributed by atoms with Crippen molar-refractivity contribution in [2.75, 3.05) is 31.1 Å². The molecular formula is C23H27Cl2N7. The molecule has 0 unspecified atom stereocenters. The van der Waals surface area contributed by atoms with E-state index in [-0.39, 0.29) is 6.04 Å². The molecule has 7 nitrogen and oxygen atoms in total. The molecule has 0 radical (unpaired) electrons. The average Bonchev–Trinajstić information content (AvgIpc) is 3.51. The van der Waals surface area contributed by atoms with Crippen LogP contribution >= 0.6 is 23.2 Å². The van der Waals surface area contributed by atoms with Crippen LogP contribution in [0.4, 0.5) is 5.95 Å². The van der Waals surface area contributed by atoms with E-state index in [9.17, 15) is 0 Å². The summed E-state index contributed by atoms with van der Waals surface area (Å²) in [5, 5.41) is 13.8. The van der Waals surface area contributed by atoms with Gasteiger partial charge in [0.2, 0.25) is 5.95 Å². The van der Waals surface area contributed by atoms with Crippen molar-refractivity contribution in [1.82, 2.24) is 30.3 Å². The number of rotatable bonds is 5. The zero-order valence-corrected chi connectivity index (χ0v) is 19.6. The Morgan fingerprint density at radius 2 is 1.94 bits per heavy atom. The summed E-state index contributed by atoms with van der Waals surface area (Å²) >= 11 is 12.6. The van der Waals surface area contributed by atoms with Crippen molar-refractivity contribution in [3.63, 3.8) is 0 Å². The molecule has 0 bridgehead atoms. The maximum Gasteiger partial charge on any atom is 0.227 e. The predicted octanol–water partition coefficient (Wildman–Crippen LogP) is 4.45. The highest BCUT2D eigenvalue weighted by molar-refractivity contribution is 6.35. The van der Waals surface area contributed by atoms with Crippen molar-refractivity contribution < 1.29 is 0 Å². The largest absolute Gasteiger partial charge is 0.340 e. The Kier molecular flexibility index (Phi) is 5.23. The lowest BCUT2D eigenvalue weighted by molar-refractivity contribution is 0.222. The predicted molar refractivity (Wildman–Crippen MR) is 127 cm³/mol. The minimum atomic E-state index is -0.114. The summed E-state index contributed by atoms with van der Waals surface area (Å²) in [7, 11) is 0. The van der Waals surface area contributed by atoms with Gasteiger partial charge in [-0.05, 0) is 75.2 Å². The number of halogens is 2. The van der Waals surface area contributed by atoms with Gasteiger partial charge >= 0.3 is 0 Å². The molecule has 3 fully saturated rings. The van der Waals surface area contributed by atoms with Crippen molar-refractivity contribution in [3.05, 3.63) is 39.5 Å². The second kappa shape index (κ2) is 8.12. The third kappa shape index (κ3) is 3.64. The SMILES string of the molecule is C[C@H](c1ccc(Cl)cc1Cl)n1nnc2c(C3CC3)nc(N3CC([C@H]4CCCNC4)C3)nc21. The molecule has 1 aromatic carbocycles. The summed E-state index contributed by atoms with van der Waals surface area (Å²) < 4.78 is 1.88. The summed E-state index contributed by atoms with van der Waals surface area (Å²) in [6, 6.07) is 5.46. The van der Waals surface area contributed by atoms with Crippen molar-refractivity contribution in [2.24, 2.45) is 11.8 Å². The maximum absolute atomic E-state index is 6.50. The molecule has 4 heterocycles. The van der Waals surface area contributed by atoms with Crippen LogP contribution < -0.4 is 10.2 Å². The number of aromatic nitrogens is 5. The summed E-state index contributed by atoms with van der Waals surface area (Å²) in [5.41, 5.74) is 3.61. The molecular weight excluding hydrogens is 445 g/mol. The zero-order chi connectivity index (χ0) is 21.8. The molecule has 9 heteroatoms. The molecule has 2 atom stereocenters. The third-order valence-corrected chi connectivity index (χ3v) is 7.84. The van der Waals surface area contributed by atoms with Crippen molar-refractivity contribution in [2.45, 2.75) is 44.6 Å². The van der Waals surface area contributed by atoms with E-state index in [0.717, 1.165) is 79.2 Å². The van der Waals surface area contributed by atoms with Crippen LogP contribution in [0.5, 0.6) is 0 Å². The van der Waals surface area contributed by atoms with E-state index < -0.39 is 0 Å². The average molecular weight is 472 g/mol. The van der Waals surface area contributed by atoms with Gasteiger partial charge < -0.3 is 10.2 Å². The van der Waals surface area contributed by atoms with E-state index in [2.05, 4.69) is 27.5 Å². The van der Waals surface area contributed by atoms with E-state index in [0.29, 0.717) is 16.0 Å². The molecule has 1 N–H and O–H groups in total. The Balaban J connectivity index is 1.33. The molecule has 2 aromatic heterocycles. The van der Waals surface area contributed by atoms with E-state index >= 15 is 0 Å². The van der Waals surface area contributed by atoms with Gasteiger partial charge in [0.05, 0.1) is 11.7 Å². The Labute approximate surface area is 197 Å². The lowest BCUT2D eigenvalue weighted by atomic mass is 9.81. The monoisotopic (exact) mass is 471 g/mol. The number of benzene rings is 1. The number of piperidine rings is 1. The number of hydrogen-bond donors (Lipinski definition) is 1. The highest BCUT2D eigenvalue weighted by Crippen LogP contribution is 2.43. The number of hydrogen-bond acceptors (Lipinski definition) is 6. The molecule has 2 aliphatic heterocycles. The van der Waals surface area contributed by atoms with E-state index in [1.165, 1.54) is 12.8 Å². The first kappa shape index (κ1) is 20.6. The van der Waals surface area contributed by atoms with Gasteiger partial charge in [0, 0.05) is 29.1 Å². The number of fused-ring (bicyclic) bond motifs is 1. The number of nitrogens with zero attached hydrogens (tertiary/aromatic N) is 6. The van der Waals surface area contributed by atoms with Crippen molar-refractivity contribution >= 4 is 40.3 Å². The van der Waals surface area contributed by atoms with Crippen LogP contribution in [0.1, 0.15) is 55.8 Å². The van der Waals surface area contributed by atoms with Crippen LogP contribution in [-0.4, -0.2) is 51.1 Å². The Bertz CT molecular complexity index is 1150. The van der Waals surface area contributed by atoms with Gasteiger partial charge in [-0.25, -0.2) is 9.67 Å². The molecule has 3 aliphatic rings.